The van der Waals surface area contributed by atoms with Crippen LogP contribution >= 0.6 is 11.6 Å². The summed E-state index contributed by atoms with van der Waals surface area (Å²) in [5.74, 6) is 0.843. The fraction of sp³-hybridized carbons (Fsp3) is 0.292. The van der Waals surface area contributed by atoms with Gasteiger partial charge in [0.1, 0.15) is 11.5 Å². The lowest BCUT2D eigenvalue weighted by molar-refractivity contribution is 0.0533. The maximum absolute atomic E-state index is 13.2. The van der Waals surface area contributed by atoms with Gasteiger partial charge in [0.05, 0.1) is 42.9 Å². The molecular weight excluding hydrogens is 444 g/mol. The van der Waals surface area contributed by atoms with Gasteiger partial charge in [-0.05, 0) is 37.3 Å². The minimum Gasteiger partial charge on any atom is -0.497 e. The highest BCUT2D eigenvalue weighted by Crippen LogP contribution is 2.26. The van der Waals surface area contributed by atoms with E-state index in [2.05, 4.69) is 5.10 Å². The molecule has 1 aliphatic rings. The summed E-state index contributed by atoms with van der Waals surface area (Å²) >= 11 is 6.09. The molecule has 1 fully saturated rings. The average Bonchev–Trinajstić information content (AvgIpc) is 3.24. The molecule has 0 aliphatic carbocycles. The second-order valence-corrected chi connectivity index (χ2v) is 8.12. The molecule has 0 saturated carbocycles. The first kappa shape index (κ1) is 22.7. The summed E-state index contributed by atoms with van der Waals surface area (Å²) in [5, 5.41) is 4.98. The van der Waals surface area contributed by atoms with Gasteiger partial charge >= 0.3 is 0 Å². The first-order valence-corrected chi connectivity index (χ1v) is 10.9. The Kier molecular flexibility index (Phi) is 6.55. The maximum atomic E-state index is 13.2. The fourth-order valence-electron chi connectivity index (χ4n) is 3.92. The van der Waals surface area contributed by atoms with Crippen LogP contribution in [0.4, 0.5) is 0 Å². The van der Waals surface area contributed by atoms with E-state index in [1.54, 1.807) is 58.1 Å². The lowest BCUT2D eigenvalue weighted by Gasteiger charge is -2.35. The van der Waals surface area contributed by atoms with E-state index in [1.165, 1.54) is 7.11 Å². The molecule has 0 unspecified atom stereocenters. The number of halogens is 1. The molecule has 172 valence electrons. The van der Waals surface area contributed by atoms with Crippen LogP contribution < -0.4 is 9.47 Å². The number of nitrogens with zero attached hydrogens (tertiary/aromatic N) is 4. The van der Waals surface area contributed by atoms with Crippen LogP contribution in [-0.4, -0.2) is 71.8 Å². The van der Waals surface area contributed by atoms with Gasteiger partial charge in [0.15, 0.2) is 0 Å². The Hall–Kier alpha value is -3.52. The number of piperazine rings is 1. The molecule has 1 aliphatic heterocycles. The Bertz CT molecular complexity index is 1180. The third-order valence-corrected chi connectivity index (χ3v) is 6.02. The number of ether oxygens (including phenoxy) is 2. The van der Waals surface area contributed by atoms with E-state index in [0.717, 1.165) is 11.4 Å². The second-order valence-electron chi connectivity index (χ2n) is 7.69. The molecule has 1 saturated heterocycles. The van der Waals surface area contributed by atoms with Crippen LogP contribution in [0.15, 0.2) is 48.7 Å². The number of aromatic nitrogens is 2. The molecule has 8 nitrogen and oxygen atoms in total. The lowest BCUT2D eigenvalue weighted by Crippen LogP contribution is -2.50. The molecule has 2 aromatic carbocycles. The predicted octanol–water partition coefficient (Wildman–Crippen LogP) is 3.45. The molecule has 0 bridgehead atoms. The zero-order valence-corrected chi connectivity index (χ0v) is 19.5. The second kappa shape index (κ2) is 9.54. The van der Waals surface area contributed by atoms with Gasteiger partial charge in [-0.25, -0.2) is 4.68 Å². The Morgan fingerprint density at radius 3 is 2.18 bits per heavy atom. The number of amides is 2. The molecule has 9 heteroatoms. The zero-order valence-electron chi connectivity index (χ0n) is 18.7. The van der Waals surface area contributed by atoms with Crippen molar-refractivity contribution in [2.24, 2.45) is 0 Å². The summed E-state index contributed by atoms with van der Waals surface area (Å²) in [5.41, 5.74) is 2.54. The molecular formula is C24H25ClN4O4. The van der Waals surface area contributed by atoms with Crippen molar-refractivity contribution in [1.29, 1.82) is 0 Å². The third-order valence-electron chi connectivity index (χ3n) is 5.79. The van der Waals surface area contributed by atoms with Gasteiger partial charge in [-0.3, -0.25) is 9.59 Å². The normalized spacial score (nSPS) is 13.7. The van der Waals surface area contributed by atoms with E-state index in [-0.39, 0.29) is 11.8 Å². The number of rotatable bonds is 5. The van der Waals surface area contributed by atoms with Gasteiger partial charge in [0.25, 0.3) is 11.8 Å². The molecule has 1 aromatic heterocycles. The van der Waals surface area contributed by atoms with Crippen molar-refractivity contribution >= 4 is 23.4 Å². The molecule has 0 spiro atoms. The molecule has 3 aromatic rings. The predicted molar refractivity (Wildman–Crippen MR) is 125 cm³/mol. The molecule has 4 rings (SSSR count). The van der Waals surface area contributed by atoms with Crippen molar-refractivity contribution < 1.29 is 19.1 Å². The molecule has 0 radical (unpaired) electrons. The summed E-state index contributed by atoms with van der Waals surface area (Å²) in [6, 6.07) is 12.4. The van der Waals surface area contributed by atoms with Crippen molar-refractivity contribution in [2.75, 3.05) is 40.4 Å². The Balaban J connectivity index is 1.44. The average molecular weight is 469 g/mol. The first-order chi connectivity index (χ1) is 15.9. The van der Waals surface area contributed by atoms with E-state index in [1.807, 2.05) is 19.1 Å². The third kappa shape index (κ3) is 4.52. The van der Waals surface area contributed by atoms with E-state index in [0.29, 0.717) is 53.8 Å². The summed E-state index contributed by atoms with van der Waals surface area (Å²) < 4.78 is 12.3. The standard InChI is InChI=1S/C24H25ClN4O4/c1-16-21(15-26-29(16)18-6-4-5-17(25)13-18)24(31)28-11-9-27(10-12-28)23(30)20-8-7-19(32-2)14-22(20)33-3/h4-8,13-15H,9-12H2,1-3H3. The highest BCUT2D eigenvalue weighted by molar-refractivity contribution is 6.30. The van der Waals surface area contributed by atoms with Crippen LogP contribution in [0.2, 0.25) is 5.02 Å². The van der Waals surface area contributed by atoms with Crippen molar-refractivity contribution in [3.63, 3.8) is 0 Å². The molecule has 33 heavy (non-hydrogen) atoms. The number of methoxy groups -OCH3 is 2. The summed E-state index contributed by atoms with van der Waals surface area (Å²) in [6.45, 7) is 3.59. The highest BCUT2D eigenvalue weighted by atomic mass is 35.5. The smallest absolute Gasteiger partial charge is 0.257 e. The zero-order chi connectivity index (χ0) is 23.5. The molecule has 0 atom stereocenters. The highest BCUT2D eigenvalue weighted by Gasteiger charge is 2.28. The molecule has 0 N–H and O–H groups in total. The van der Waals surface area contributed by atoms with Gasteiger partial charge < -0.3 is 19.3 Å². The van der Waals surface area contributed by atoms with E-state index >= 15 is 0 Å². The van der Waals surface area contributed by atoms with Crippen molar-refractivity contribution in [3.05, 3.63) is 70.5 Å². The van der Waals surface area contributed by atoms with Crippen molar-refractivity contribution in [3.8, 4) is 17.2 Å². The fourth-order valence-corrected chi connectivity index (χ4v) is 4.10. The Morgan fingerprint density at radius 2 is 1.58 bits per heavy atom. The number of carbonyl (C=O) groups is 2. The van der Waals surface area contributed by atoms with E-state index in [9.17, 15) is 9.59 Å². The number of carbonyl (C=O) groups excluding carboxylic acids is 2. The Morgan fingerprint density at radius 1 is 0.909 bits per heavy atom. The summed E-state index contributed by atoms with van der Waals surface area (Å²) in [7, 11) is 3.08. The van der Waals surface area contributed by atoms with Crippen LogP contribution in [0.1, 0.15) is 26.4 Å². The number of benzene rings is 2. The molecule has 2 amide bonds. The van der Waals surface area contributed by atoms with Crippen LogP contribution in [0.25, 0.3) is 5.69 Å². The Labute approximate surface area is 197 Å². The SMILES string of the molecule is COc1ccc(C(=O)N2CCN(C(=O)c3cnn(-c4cccc(Cl)c4)c3C)CC2)c(OC)c1. The first-order valence-electron chi connectivity index (χ1n) is 10.5. The van der Waals surface area contributed by atoms with Crippen LogP contribution in [-0.2, 0) is 0 Å². The van der Waals surface area contributed by atoms with E-state index in [4.69, 9.17) is 21.1 Å². The van der Waals surface area contributed by atoms with Crippen molar-refractivity contribution in [1.82, 2.24) is 19.6 Å². The van der Waals surface area contributed by atoms with Gasteiger partial charge in [-0.2, -0.15) is 5.10 Å². The number of hydrogen-bond donors (Lipinski definition) is 0. The van der Waals surface area contributed by atoms with Gasteiger partial charge in [0.2, 0.25) is 0 Å². The van der Waals surface area contributed by atoms with Crippen LogP contribution in [0, 0.1) is 6.92 Å². The van der Waals surface area contributed by atoms with Gasteiger partial charge in [-0.1, -0.05) is 17.7 Å². The van der Waals surface area contributed by atoms with E-state index < -0.39 is 0 Å². The van der Waals surface area contributed by atoms with Gasteiger partial charge in [-0.15, -0.1) is 0 Å². The maximum Gasteiger partial charge on any atom is 0.257 e. The summed E-state index contributed by atoms with van der Waals surface area (Å²) in [6.07, 6.45) is 1.58. The number of hydrogen-bond acceptors (Lipinski definition) is 5. The topological polar surface area (TPSA) is 76.9 Å². The lowest BCUT2D eigenvalue weighted by atomic mass is 10.1. The minimum absolute atomic E-state index is 0.102. The van der Waals surface area contributed by atoms with Crippen LogP contribution in [0.5, 0.6) is 11.5 Å². The van der Waals surface area contributed by atoms with Gasteiger partial charge in [0, 0.05) is 37.3 Å². The summed E-state index contributed by atoms with van der Waals surface area (Å²) in [4.78, 5) is 29.7. The largest absolute Gasteiger partial charge is 0.497 e. The monoisotopic (exact) mass is 468 g/mol. The minimum atomic E-state index is -0.133. The van der Waals surface area contributed by atoms with Crippen LogP contribution in [0.3, 0.4) is 0 Å². The molecule has 2 heterocycles. The van der Waals surface area contributed by atoms with Crippen molar-refractivity contribution in [2.45, 2.75) is 6.92 Å². The quantitative estimate of drug-likeness (QED) is 0.573.